The third-order valence-corrected chi connectivity index (χ3v) is 3.64. The van der Waals surface area contributed by atoms with Crippen molar-refractivity contribution in [3.63, 3.8) is 0 Å². The molecule has 0 bridgehead atoms. The molecule has 2 rings (SSSR count). The minimum absolute atomic E-state index is 0. The molecule has 1 aliphatic heterocycles. The highest BCUT2D eigenvalue weighted by atomic mass is 35.5. The largest absolute Gasteiger partial charge is 0.465 e. The Morgan fingerprint density at radius 1 is 1.40 bits per heavy atom. The first kappa shape index (κ1) is 17.0. The van der Waals surface area contributed by atoms with E-state index in [1.807, 2.05) is 31.3 Å². The highest BCUT2D eigenvalue weighted by Gasteiger charge is 2.21. The second-order valence-corrected chi connectivity index (χ2v) is 5.14. The van der Waals surface area contributed by atoms with Crippen LogP contribution in [0.5, 0.6) is 0 Å². The van der Waals surface area contributed by atoms with Crippen LogP contribution in [-0.4, -0.2) is 44.7 Å². The fourth-order valence-electron chi connectivity index (χ4n) is 2.63. The third kappa shape index (κ3) is 4.47. The maximum absolute atomic E-state index is 11.3. The number of nitrogens with one attached hydrogen (secondary N) is 1. The molecule has 1 aromatic carbocycles. The first-order chi connectivity index (χ1) is 9.22. The van der Waals surface area contributed by atoms with Gasteiger partial charge in [0.25, 0.3) is 0 Å². The number of methoxy groups -OCH3 is 1. The zero-order chi connectivity index (χ0) is 13.7. The van der Waals surface area contributed by atoms with Crippen LogP contribution in [0.25, 0.3) is 0 Å². The quantitative estimate of drug-likeness (QED) is 0.844. The number of likely N-dealkylation sites (tertiary alicyclic amines) is 1. The Labute approximate surface area is 126 Å². The monoisotopic (exact) mass is 298 g/mol. The number of hydrogen-bond acceptors (Lipinski definition) is 4. The number of esters is 1. The number of nitrogens with zero attached hydrogens (tertiary/aromatic N) is 1. The highest BCUT2D eigenvalue weighted by molar-refractivity contribution is 5.89. The number of carbonyl (C=O) groups excluding carboxylic acids is 1. The van der Waals surface area contributed by atoms with Gasteiger partial charge in [-0.25, -0.2) is 4.79 Å². The molecule has 20 heavy (non-hydrogen) atoms. The summed E-state index contributed by atoms with van der Waals surface area (Å²) in [4.78, 5) is 13.8. The molecule has 4 nitrogen and oxygen atoms in total. The van der Waals surface area contributed by atoms with Gasteiger partial charge in [-0.15, -0.1) is 12.4 Å². The van der Waals surface area contributed by atoms with E-state index in [1.165, 1.54) is 19.1 Å². The van der Waals surface area contributed by atoms with E-state index in [4.69, 9.17) is 4.74 Å². The summed E-state index contributed by atoms with van der Waals surface area (Å²) in [7, 11) is 3.41. The minimum Gasteiger partial charge on any atom is -0.465 e. The van der Waals surface area contributed by atoms with Crippen LogP contribution in [0, 0.1) is 5.92 Å². The van der Waals surface area contributed by atoms with Gasteiger partial charge < -0.3 is 10.1 Å². The summed E-state index contributed by atoms with van der Waals surface area (Å²) in [6.07, 6.45) is 1.26. The van der Waals surface area contributed by atoms with Crippen molar-refractivity contribution in [3.05, 3.63) is 35.4 Å². The van der Waals surface area contributed by atoms with E-state index in [0.717, 1.165) is 32.1 Å². The summed E-state index contributed by atoms with van der Waals surface area (Å²) in [6, 6.07) is 7.69. The second kappa shape index (κ2) is 8.25. The maximum atomic E-state index is 11.3. The molecule has 0 amide bonds. The van der Waals surface area contributed by atoms with Gasteiger partial charge in [-0.1, -0.05) is 12.1 Å². The van der Waals surface area contributed by atoms with Crippen molar-refractivity contribution in [1.82, 2.24) is 10.2 Å². The number of halogens is 1. The summed E-state index contributed by atoms with van der Waals surface area (Å²) in [5.74, 6) is 0.487. The lowest BCUT2D eigenvalue weighted by atomic mass is 10.1. The molecule has 0 spiro atoms. The van der Waals surface area contributed by atoms with Crippen LogP contribution in [0.2, 0.25) is 0 Å². The van der Waals surface area contributed by atoms with Crippen LogP contribution in [0.4, 0.5) is 0 Å². The molecule has 0 aromatic heterocycles. The Morgan fingerprint density at radius 2 is 2.10 bits per heavy atom. The molecule has 1 unspecified atom stereocenters. The summed E-state index contributed by atoms with van der Waals surface area (Å²) < 4.78 is 4.69. The van der Waals surface area contributed by atoms with Gasteiger partial charge in [0.05, 0.1) is 12.7 Å². The number of ether oxygens (including phenoxy) is 1. The lowest BCUT2D eigenvalue weighted by Crippen LogP contribution is -2.24. The average Bonchev–Trinajstić information content (AvgIpc) is 2.86. The van der Waals surface area contributed by atoms with E-state index >= 15 is 0 Å². The van der Waals surface area contributed by atoms with E-state index in [-0.39, 0.29) is 18.4 Å². The SMILES string of the molecule is CNCC1CCN(Cc2ccc(C(=O)OC)cc2)C1.Cl. The second-order valence-electron chi connectivity index (χ2n) is 5.14. The Hall–Kier alpha value is -1.10. The predicted octanol–water partition coefficient (Wildman–Crippen LogP) is 1.94. The van der Waals surface area contributed by atoms with Crippen LogP contribution < -0.4 is 5.32 Å². The Balaban J connectivity index is 0.00000200. The Morgan fingerprint density at radius 3 is 2.70 bits per heavy atom. The van der Waals surface area contributed by atoms with E-state index in [9.17, 15) is 4.79 Å². The van der Waals surface area contributed by atoms with Crippen LogP contribution in [-0.2, 0) is 11.3 Å². The standard InChI is InChI=1S/C15H22N2O2.ClH/c1-16-9-13-7-8-17(11-13)10-12-3-5-14(6-4-12)15(18)19-2;/h3-6,13,16H,7-11H2,1-2H3;1H. The topological polar surface area (TPSA) is 41.6 Å². The van der Waals surface area contributed by atoms with E-state index in [2.05, 4.69) is 10.2 Å². The molecular formula is C15H23ClN2O2. The molecule has 1 saturated heterocycles. The third-order valence-electron chi connectivity index (χ3n) is 3.64. The van der Waals surface area contributed by atoms with Gasteiger partial charge in [-0.3, -0.25) is 4.90 Å². The first-order valence-corrected chi connectivity index (χ1v) is 6.77. The van der Waals surface area contributed by atoms with Crippen molar-refractivity contribution in [3.8, 4) is 0 Å². The molecule has 1 aromatic rings. The van der Waals surface area contributed by atoms with Crippen molar-refractivity contribution in [2.75, 3.05) is 33.8 Å². The molecule has 0 radical (unpaired) electrons. The highest BCUT2D eigenvalue weighted by Crippen LogP contribution is 2.18. The van der Waals surface area contributed by atoms with Gasteiger partial charge in [0.2, 0.25) is 0 Å². The fraction of sp³-hybridized carbons (Fsp3) is 0.533. The molecular weight excluding hydrogens is 276 g/mol. The molecule has 0 saturated carbocycles. The van der Waals surface area contributed by atoms with Gasteiger partial charge >= 0.3 is 5.97 Å². The summed E-state index contributed by atoms with van der Waals surface area (Å²) in [5.41, 5.74) is 1.86. The zero-order valence-electron chi connectivity index (χ0n) is 12.1. The van der Waals surface area contributed by atoms with Crippen LogP contribution in [0.15, 0.2) is 24.3 Å². The van der Waals surface area contributed by atoms with Crippen molar-refractivity contribution in [1.29, 1.82) is 0 Å². The molecule has 0 aliphatic carbocycles. The van der Waals surface area contributed by atoms with Gasteiger partial charge in [0, 0.05) is 13.1 Å². The average molecular weight is 299 g/mol. The van der Waals surface area contributed by atoms with E-state index < -0.39 is 0 Å². The lowest BCUT2D eigenvalue weighted by molar-refractivity contribution is 0.0600. The van der Waals surface area contributed by atoms with Crippen molar-refractivity contribution >= 4 is 18.4 Å². The van der Waals surface area contributed by atoms with Gasteiger partial charge in [0.15, 0.2) is 0 Å². The van der Waals surface area contributed by atoms with Crippen LogP contribution in [0.3, 0.4) is 0 Å². The molecule has 112 valence electrons. The zero-order valence-corrected chi connectivity index (χ0v) is 12.9. The number of hydrogen-bond donors (Lipinski definition) is 1. The molecule has 1 atom stereocenters. The van der Waals surface area contributed by atoms with Gasteiger partial charge in [0.1, 0.15) is 0 Å². The molecule has 1 aliphatic rings. The molecule has 5 heteroatoms. The Bertz CT molecular complexity index is 422. The number of benzene rings is 1. The van der Waals surface area contributed by atoms with Crippen molar-refractivity contribution in [2.45, 2.75) is 13.0 Å². The molecule has 1 heterocycles. The van der Waals surface area contributed by atoms with E-state index in [0.29, 0.717) is 5.56 Å². The normalized spacial score (nSPS) is 18.6. The minimum atomic E-state index is -0.276. The van der Waals surface area contributed by atoms with Gasteiger partial charge in [-0.05, 0) is 50.2 Å². The van der Waals surface area contributed by atoms with Crippen molar-refractivity contribution < 1.29 is 9.53 Å². The van der Waals surface area contributed by atoms with Gasteiger partial charge in [-0.2, -0.15) is 0 Å². The van der Waals surface area contributed by atoms with E-state index in [1.54, 1.807) is 0 Å². The summed E-state index contributed by atoms with van der Waals surface area (Å²) >= 11 is 0. The fourth-order valence-corrected chi connectivity index (χ4v) is 2.63. The molecule has 1 N–H and O–H groups in total. The summed E-state index contributed by atoms with van der Waals surface area (Å²) in [5, 5.41) is 3.24. The Kier molecular flexibility index (Phi) is 6.99. The van der Waals surface area contributed by atoms with Crippen LogP contribution >= 0.6 is 12.4 Å². The number of rotatable bonds is 5. The first-order valence-electron chi connectivity index (χ1n) is 6.77. The predicted molar refractivity (Wildman–Crippen MR) is 82.3 cm³/mol. The maximum Gasteiger partial charge on any atom is 0.337 e. The molecule has 1 fully saturated rings. The van der Waals surface area contributed by atoms with Crippen LogP contribution in [0.1, 0.15) is 22.3 Å². The van der Waals surface area contributed by atoms with Crippen molar-refractivity contribution in [2.24, 2.45) is 5.92 Å². The lowest BCUT2D eigenvalue weighted by Gasteiger charge is -2.16. The smallest absolute Gasteiger partial charge is 0.337 e. The number of carbonyl (C=O) groups is 1. The summed E-state index contributed by atoms with van der Waals surface area (Å²) in [6.45, 7) is 4.37.